The lowest BCUT2D eigenvalue weighted by molar-refractivity contribution is -0.116. The second kappa shape index (κ2) is 9.56. The van der Waals surface area contributed by atoms with E-state index in [-0.39, 0.29) is 5.91 Å². The van der Waals surface area contributed by atoms with Crippen molar-refractivity contribution in [1.29, 1.82) is 0 Å². The van der Waals surface area contributed by atoms with Crippen molar-refractivity contribution < 1.29 is 9.53 Å². The lowest BCUT2D eigenvalue weighted by Gasteiger charge is -2.22. The van der Waals surface area contributed by atoms with Gasteiger partial charge >= 0.3 is 0 Å². The van der Waals surface area contributed by atoms with E-state index in [1.807, 2.05) is 24.3 Å². The van der Waals surface area contributed by atoms with Gasteiger partial charge in [0.2, 0.25) is 5.91 Å². The van der Waals surface area contributed by atoms with E-state index in [0.717, 1.165) is 44.0 Å². The highest BCUT2D eigenvalue weighted by Crippen LogP contribution is 2.19. The second-order valence-electron chi connectivity index (χ2n) is 6.84. The average Bonchev–Trinajstić information content (AvgIpc) is 2.55. The Morgan fingerprint density at radius 2 is 1.96 bits per heavy atom. The maximum absolute atomic E-state index is 12.0. The topological polar surface area (TPSA) is 50.4 Å². The highest BCUT2D eigenvalue weighted by atomic mass is 16.5. The zero-order valence-corrected chi connectivity index (χ0v) is 14.4. The minimum atomic E-state index is 0.108. The quantitative estimate of drug-likeness (QED) is 0.766. The summed E-state index contributed by atoms with van der Waals surface area (Å²) in [5, 5.41) is 6.33. The van der Waals surface area contributed by atoms with Gasteiger partial charge in [-0.25, -0.2) is 0 Å². The van der Waals surface area contributed by atoms with Crippen LogP contribution in [-0.2, 0) is 4.79 Å². The number of hydrogen-bond donors (Lipinski definition) is 2. The number of benzene rings is 1. The molecule has 1 aromatic carbocycles. The van der Waals surface area contributed by atoms with Gasteiger partial charge in [0.05, 0.1) is 6.61 Å². The van der Waals surface area contributed by atoms with Gasteiger partial charge in [-0.2, -0.15) is 0 Å². The van der Waals surface area contributed by atoms with Crippen LogP contribution in [0.15, 0.2) is 24.3 Å². The number of hydrogen-bond acceptors (Lipinski definition) is 3. The highest BCUT2D eigenvalue weighted by molar-refractivity contribution is 5.90. The highest BCUT2D eigenvalue weighted by Gasteiger charge is 2.14. The summed E-state index contributed by atoms with van der Waals surface area (Å²) in [5.74, 6) is 2.31. The van der Waals surface area contributed by atoms with Gasteiger partial charge in [0, 0.05) is 12.1 Å². The first kappa shape index (κ1) is 17.8. The van der Waals surface area contributed by atoms with Gasteiger partial charge in [-0.05, 0) is 74.9 Å². The Balaban J connectivity index is 1.68. The number of anilines is 1. The fourth-order valence-corrected chi connectivity index (χ4v) is 2.78. The van der Waals surface area contributed by atoms with Gasteiger partial charge in [-0.1, -0.05) is 13.8 Å². The molecule has 2 rings (SSSR count). The monoisotopic (exact) mass is 318 g/mol. The van der Waals surface area contributed by atoms with E-state index < -0.39 is 0 Å². The molecule has 4 nitrogen and oxygen atoms in total. The number of amides is 1. The van der Waals surface area contributed by atoms with E-state index in [1.54, 1.807) is 0 Å². The van der Waals surface area contributed by atoms with Crippen LogP contribution in [0.2, 0.25) is 0 Å². The van der Waals surface area contributed by atoms with Gasteiger partial charge in [0.15, 0.2) is 0 Å². The van der Waals surface area contributed by atoms with Crippen LogP contribution in [-0.4, -0.2) is 25.6 Å². The van der Waals surface area contributed by atoms with Crippen molar-refractivity contribution in [3.8, 4) is 5.75 Å². The third-order valence-electron chi connectivity index (χ3n) is 4.34. The standard InChI is InChI=1S/C19H30N2O2/c1-15(2)11-14-23-18-6-4-17(5-7-18)21-19(22)8-3-16-9-12-20-13-10-16/h4-7,15-16,20H,3,8-14H2,1-2H3,(H,21,22). The minimum absolute atomic E-state index is 0.108. The van der Waals surface area contributed by atoms with Crippen molar-refractivity contribution >= 4 is 11.6 Å². The SMILES string of the molecule is CC(C)CCOc1ccc(NC(=O)CCC2CCNCC2)cc1. The van der Waals surface area contributed by atoms with Crippen LogP contribution in [0.1, 0.15) is 46.0 Å². The minimum Gasteiger partial charge on any atom is -0.494 e. The first-order valence-electron chi connectivity index (χ1n) is 8.87. The fourth-order valence-electron chi connectivity index (χ4n) is 2.78. The number of piperidine rings is 1. The summed E-state index contributed by atoms with van der Waals surface area (Å²) >= 11 is 0. The molecule has 0 saturated carbocycles. The van der Waals surface area contributed by atoms with Crippen molar-refractivity contribution in [3.63, 3.8) is 0 Å². The fraction of sp³-hybridized carbons (Fsp3) is 0.632. The molecule has 1 aliphatic rings. The zero-order chi connectivity index (χ0) is 16.5. The molecule has 1 fully saturated rings. The predicted molar refractivity (Wildman–Crippen MR) is 94.8 cm³/mol. The zero-order valence-electron chi connectivity index (χ0n) is 14.4. The third-order valence-corrected chi connectivity index (χ3v) is 4.34. The summed E-state index contributed by atoms with van der Waals surface area (Å²) in [7, 11) is 0. The number of carbonyl (C=O) groups is 1. The molecule has 23 heavy (non-hydrogen) atoms. The van der Waals surface area contributed by atoms with Crippen molar-refractivity contribution in [2.24, 2.45) is 11.8 Å². The maximum atomic E-state index is 12.0. The number of nitrogens with one attached hydrogen (secondary N) is 2. The Morgan fingerprint density at radius 1 is 1.26 bits per heavy atom. The van der Waals surface area contributed by atoms with Gasteiger partial charge in [-0.3, -0.25) is 4.79 Å². The van der Waals surface area contributed by atoms with Crippen LogP contribution in [0.25, 0.3) is 0 Å². The van der Waals surface area contributed by atoms with Crippen LogP contribution in [0, 0.1) is 11.8 Å². The Kier molecular flexibility index (Phi) is 7.40. The molecule has 1 saturated heterocycles. The van der Waals surface area contributed by atoms with E-state index in [0.29, 0.717) is 18.3 Å². The molecule has 4 heteroatoms. The van der Waals surface area contributed by atoms with Gasteiger partial charge in [0.1, 0.15) is 5.75 Å². The number of rotatable bonds is 8. The van der Waals surface area contributed by atoms with E-state index in [2.05, 4.69) is 24.5 Å². The molecule has 1 heterocycles. The molecule has 0 spiro atoms. The molecule has 1 amide bonds. The molecule has 1 aromatic rings. The Bertz CT molecular complexity index is 465. The van der Waals surface area contributed by atoms with E-state index in [1.165, 1.54) is 12.8 Å². The normalized spacial score (nSPS) is 15.6. The van der Waals surface area contributed by atoms with Crippen molar-refractivity contribution in [2.75, 3.05) is 25.0 Å². The first-order chi connectivity index (χ1) is 11.1. The molecule has 1 aliphatic heterocycles. The second-order valence-corrected chi connectivity index (χ2v) is 6.84. The summed E-state index contributed by atoms with van der Waals surface area (Å²) in [6.07, 6.45) is 5.03. The van der Waals surface area contributed by atoms with Crippen molar-refractivity contribution in [2.45, 2.75) is 46.0 Å². The molecule has 0 unspecified atom stereocenters. The molecular formula is C19H30N2O2. The smallest absolute Gasteiger partial charge is 0.224 e. The summed E-state index contributed by atoms with van der Waals surface area (Å²) in [6.45, 7) is 7.28. The van der Waals surface area contributed by atoms with Crippen LogP contribution in [0.4, 0.5) is 5.69 Å². The molecule has 0 bridgehead atoms. The Morgan fingerprint density at radius 3 is 2.61 bits per heavy atom. The summed E-state index contributed by atoms with van der Waals surface area (Å²) in [4.78, 5) is 12.0. The molecular weight excluding hydrogens is 288 g/mol. The van der Waals surface area contributed by atoms with E-state index >= 15 is 0 Å². The maximum Gasteiger partial charge on any atom is 0.224 e. The van der Waals surface area contributed by atoms with E-state index in [9.17, 15) is 4.79 Å². The van der Waals surface area contributed by atoms with Crippen molar-refractivity contribution in [3.05, 3.63) is 24.3 Å². The lowest BCUT2D eigenvalue weighted by atomic mass is 9.93. The first-order valence-corrected chi connectivity index (χ1v) is 8.87. The lowest BCUT2D eigenvalue weighted by Crippen LogP contribution is -2.28. The molecule has 0 radical (unpaired) electrons. The van der Waals surface area contributed by atoms with Crippen molar-refractivity contribution in [1.82, 2.24) is 5.32 Å². The van der Waals surface area contributed by atoms with Gasteiger partial charge in [-0.15, -0.1) is 0 Å². The number of ether oxygens (including phenoxy) is 1. The average molecular weight is 318 g/mol. The van der Waals surface area contributed by atoms with Crippen LogP contribution in [0.3, 0.4) is 0 Å². The molecule has 0 atom stereocenters. The number of carbonyl (C=O) groups excluding carboxylic acids is 1. The molecule has 0 aromatic heterocycles. The predicted octanol–water partition coefficient (Wildman–Crippen LogP) is 3.83. The van der Waals surface area contributed by atoms with Gasteiger partial charge < -0.3 is 15.4 Å². The molecule has 2 N–H and O–H groups in total. The van der Waals surface area contributed by atoms with Gasteiger partial charge in [0.25, 0.3) is 0 Å². The summed E-state index contributed by atoms with van der Waals surface area (Å²) in [5.41, 5.74) is 0.844. The Labute approximate surface area is 140 Å². The summed E-state index contributed by atoms with van der Waals surface area (Å²) in [6, 6.07) is 7.66. The van der Waals surface area contributed by atoms with Crippen LogP contribution < -0.4 is 15.4 Å². The van der Waals surface area contributed by atoms with E-state index in [4.69, 9.17) is 4.74 Å². The van der Waals surface area contributed by atoms with Crippen LogP contribution in [0.5, 0.6) is 5.75 Å². The summed E-state index contributed by atoms with van der Waals surface area (Å²) < 4.78 is 5.69. The molecule has 128 valence electrons. The largest absolute Gasteiger partial charge is 0.494 e. The Hall–Kier alpha value is -1.55. The molecule has 0 aliphatic carbocycles. The third kappa shape index (κ3) is 7.04. The van der Waals surface area contributed by atoms with Crippen LogP contribution >= 0.6 is 0 Å².